The van der Waals surface area contributed by atoms with Gasteiger partial charge in [-0.15, -0.1) is 5.10 Å². The van der Waals surface area contributed by atoms with Crippen LogP contribution in [-0.4, -0.2) is 24.9 Å². The number of aromatic nitrogens is 5. The van der Waals surface area contributed by atoms with Crippen LogP contribution in [0, 0.1) is 5.92 Å². The molecule has 8 heteroatoms. The number of rotatable bonds is 8. The van der Waals surface area contributed by atoms with Crippen LogP contribution in [0.15, 0.2) is 44.8 Å². The average molecular weight is 359 g/mol. The molecule has 0 aliphatic carbocycles. The lowest BCUT2D eigenvalue weighted by atomic mass is 10.1. The van der Waals surface area contributed by atoms with Crippen molar-refractivity contribution in [3.05, 3.63) is 58.1 Å². The van der Waals surface area contributed by atoms with E-state index in [1.54, 1.807) is 4.57 Å². The maximum absolute atomic E-state index is 12.0. The monoisotopic (exact) mass is 359 g/mol. The molecule has 0 radical (unpaired) electrons. The third-order valence-corrected chi connectivity index (χ3v) is 4.59. The van der Waals surface area contributed by atoms with Gasteiger partial charge in [-0.2, -0.15) is 4.98 Å². The van der Waals surface area contributed by atoms with E-state index in [2.05, 4.69) is 34.2 Å². The van der Waals surface area contributed by atoms with E-state index >= 15 is 0 Å². The lowest BCUT2D eigenvalue weighted by Crippen LogP contribution is -2.18. The molecule has 0 aliphatic heterocycles. The van der Waals surface area contributed by atoms with Gasteiger partial charge < -0.3 is 4.52 Å². The van der Waals surface area contributed by atoms with Crippen molar-refractivity contribution in [2.24, 2.45) is 5.92 Å². The number of aromatic amines is 1. The van der Waals surface area contributed by atoms with Gasteiger partial charge in [0.05, 0.1) is 5.75 Å². The summed E-state index contributed by atoms with van der Waals surface area (Å²) < 4.78 is 6.88. The molecule has 1 aromatic carbocycles. The van der Waals surface area contributed by atoms with Gasteiger partial charge in [0, 0.05) is 13.0 Å². The highest BCUT2D eigenvalue weighted by atomic mass is 32.2. The number of benzene rings is 1. The molecule has 0 saturated heterocycles. The summed E-state index contributed by atoms with van der Waals surface area (Å²) in [4.78, 5) is 16.4. The molecular weight excluding hydrogens is 338 g/mol. The Morgan fingerprint density at radius 1 is 1.28 bits per heavy atom. The van der Waals surface area contributed by atoms with Gasteiger partial charge in [0.15, 0.2) is 11.0 Å². The van der Waals surface area contributed by atoms with E-state index in [0.717, 1.165) is 12.8 Å². The molecule has 0 amide bonds. The van der Waals surface area contributed by atoms with Gasteiger partial charge in [-0.05, 0) is 17.9 Å². The van der Waals surface area contributed by atoms with Crippen LogP contribution >= 0.6 is 11.8 Å². The second-order valence-corrected chi connectivity index (χ2v) is 7.13. The zero-order valence-corrected chi connectivity index (χ0v) is 15.1. The third kappa shape index (κ3) is 4.82. The van der Waals surface area contributed by atoms with Crippen molar-refractivity contribution in [3.63, 3.8) is 0 Å². The van der Waals surface area contributed by atoms with Gasteiger partial charge in [0.1, 0.15) is 0 Å². The van der Waals surface area contributed by atoms with Crippen molar-refractivity contribution < 1.29 is 4.52 Å². The van der Waals surface area contributed by atoms with Crippen molar-refractivity contribution in [2.75, 3.05) is 0 Å². The second-order valence-electron chi connectivity index (χ2n) is 6.19. The van der Waals surface area contributed by atoms with Crippen LogP contribution in [0.5, 0.6) is 0 Å². The highest BCUT2D eigenvalue weighted by Crippen LogP contribution is 2.19. The van der Waals surface area contributed by atoms with Crippen molar-refractivity contribution in [2.45, 2.75) is 44.1 Å². The van der Waals surface area contributed by atoms with Crippen molar-refractivity contribution in [3.8, 4) is 0 Å². The minimum absolute atomic E-state index is 0.202. The molecule has 0 bridgehead atoms. The number of nitrogens with one attached hydrogen (secondary N) is 1. The van der Waals surface area contributed by atoms with Crippen LogP contribution in [0.3, 0.4) is 0 Å². The van der Waals surface area contributed by atoms with Crippen LogP contribution in [0.4, 0.5) is 0 Å². The zero-order chi connectivity index (χ0) is 17.6. The smallest absolute Gasteiger partial charge is 0.339 e. The first-order chi connectivity index (χ1) is 12.1. The maximum Gasteiger partial charge on any atom is 0.343 e. The van der Waals surface area contributed by atoms with Crippen LogP contribution in [0.25, 0.3) is 0 Å². The minimum Gasteiger partial charge on any atom is -0.339 e. The van der Waals surface area contributed by atoms with E-state index in [1.807, 2.05) is 30.3 Å². The van der Waals surface area contributed by atoms with E-state index < -0.39 is 0 Å². The van der Waals surface area contributed by atoms with Crippen molar-refractivity contribution in [1.29, 1.82) is 0 Å². The lowest BCUT2D eigenvalue weighted by molar-refractivity contribution is 0.360. The van der Waals surface area contributed by atoms with Crippen LogP contribution < -0.4 is 5.69 Å². The summed E-state index contributed by atoms with van der Waals surface area (Å²) in [5.41, 5.74) is 0.982. The van der Waals surface area contributed by atoms with Crippen molar-refractivity contribution in [1.82, 2.24) is 24.9 Å². The summed E-state index contributed by atoms with van der Waals surface area (Å²) in [5, 5.41) is 11.2. The normalized spacial score (nSPS) is 11.3. The number of thioether (sulfide) groups is 1. The largest absolute Gasteiger partial charge is 0.343 e. The standard InChI is InChI=1S/C17H21N5O2S/c1-12(2)10-15-18-14(21-24-15)11-25-17-20-19-16(23)22(17)9-8-13-6-4-3-5-7-13/h3-7,12H,8-11H2,1-2H3,(H,19,23). The van der Waals surface area contributed by atoms with E-state index in [0.29, 0.717) is 35.1 Å². The Morgan fingerprint density at radius 2 is 2.08 bits per heavy atom. The molecule has 0 saturated carbocycles. The Balaban J connectivity index is 1.61. The predicted molar refractivity (Wildman–Crippen MR) is 95.4 cm³/mol. The quantitative estimate of drug-likeness (QED) is 0.622. The fraction of sp³-hybridized carbons (Fsp3) is 0.412. The highest BCUT2D eigenvalue weighted by Gasteiger charge is 2.13. The number of hydrogen-bond donors (Lipinski definition) is 1. The molecule has 25 heavy (non-hydrogen) atoms. The molecule has 2 heterocycles. The predicted octanol–water partition coefficient (Wildman–Crippen LogP) is 2.69. The van der Waals surface area contributed by atoms with Gasteiger partial charge in [0.25, 0.3) is 0 Å². The second kappa shape index (κ2) is 8.15. The molecule has 0 unspecified atom stereocenters. The van der Waals surface area contributed by atoms with E-state index in [4.69, 9.17) is 4.52 Å². The third-order valence-electron chi connectivity index (χ3n) is 3.61. The summed E-state index contributed by atoms with van der Waals surface area (Å²) in [6.07, 6.45) is 1.54. The van der Waals surface area contributed by atoms with Gasteiger partial charge in [-0.1, -0.05) is 61.1 Å². The summed E-state index contributed by atoms with van der Waals surface area (Å²) >= 11 is 1.42. The summed E-state index contributed by atoms with van der Waals surface area (Å²) in [5.74, 6) is 2.24. The first kappa shape index (κ1) is 17.5. The SMILES string of the molecule is CC(C)Cc1nc(CSc2n[nH]c(=O)n2CCc2ccccc2)no1. The highest BCUT2D eigenvalue weighted by molar-refractivity contribution is 7.98. The average Bonchev–Trinajstić information content (AvgIpc) is 3.18. The minimum atomic E-state index is -0.202. The zero-order valence-electron chi connectivity index (χ0n) is 14.3. The fourth-order valence-electron chi connectivity index (χ4n) is 2.41. The number of aryl methyl sites for hydroxylation is 1. The van der Waals surface area contributed by atoms with Gasteiger partial charge in [-0.25, -0.2) is 9.89 Å². The Kier molecular flexibility index (Phi) is 5.70. The van der Waals surface area contributed by atoms with Crippen LogP contribution in [0.2, 0.25) is 0 Å². The topological polar surface area (TPSA) is 89.6 Å². The van der Waals surface area contributed by atoms with Gasteiger partial charge in [0.2, 0.25) is 5.89 Å². The molecule has 3 aromatic rings. The Bertz CT molecular complexity index is 853. The first-order valence-electron chi connectivity index (χ1n) is 8.25. The molecule has 3 rings (SSSR count). The first-order valence-corrected chi connectivity index (χ1v) is 9.23. The number of hydrogen-bond acceptors (Lipinski definition) is 6. The summed E-state index contributed by atoms with van der Waals surface area (Å²) in [6, 6.07) is 10.1. The molecule has 0 fully saturated rings. The summed E-state index contributed by atoms with van der Waals surface area (Å²) in [7, 11) is 0. The van der Waals surface area contributed by atoms with Crippen molar-refractivity contribution >= 4 is 11.8 Å². The fourth-order valence-corrected chi connectivity index (χ4v) is 3.22. The molecule has 0 atom stereocenters. The molecule has 1 N–H and O–H groups in total. The van der Waals surface area contributed by atoms with E-state index in [1.165, 1.54) is 17.3 Å². The maximum atomic E-state index is 12.0. The van der Waals surface area contributed by atoms with E-state index in [9.17, 15) is 4.79 Å². The Labute approximate surface area is 149 Å². The van der Waals surface area contributed by atoms with Gasteiger partial charge >= 0.3 is 5.69 Å². The Hall–Kier alpha value is -2.35. The van der Waals surface area contributed by atoms with Crippen LogP contribution in [-0.2, 0) is 25.1 Å². The number of H-pyrrole nitrogens is 1. The lowest BCUT2D eigenvalue weighted by Gasteiger charge is -2.04. The molecule has 7 nitrogen and oxygen atoms in total. The summed E-state index contributed by atoms with van der Waals surface area (Å²) in [6.45, 7) is 4.79. The molecule has 0 aliphatic rings. The molecule has 132 valence electrons. The molecule has 2 aromatic heterocycles. The van der Waals surface area contributed by atoms with E-state index in [-0.39, 0.29) is 5.69 Å². The Morgan fingerprint density at radius 3 is 2.84 bits per heavy atom. The number of nitrogens with zero attached hydrogens (tertiary/aromatic N) is 4. The van der Waals surface area contributed by atoms with Gasteiger partial charge in [-0.3, -0.25) is 4.57 Å². The van der Waals surface area contributed by atoms with Crippen LogP contribution in [0.1, 0.15) is 31.1 Å². The molecular formula is C17H21N5O2S. The molecule has 0 spiro atoms.